The van der Waals surface area contributed by atoms with Crippen molar-refractivity contribution >= 4 is 35.1 Å². The van der Waals surface area contributed by atoms with E-state index in [0.717, 1.165) is 0 Å². The van der Waals surface area contributed by atoms with Gasteiger partial charge in [-0.15, -0.1) is 0 Å². The first-order chi connectivity index (χ1) is 17.3. The van der Waals surface area contributed by atoms with Gasteiger partial charge in [0.1, 0.15) is 6.04 Å². The van der Waals surface area contributed by atoms with Crippen LogP contribution in [0.2, 0.25) is 0 Å². The van der Waals surface area contributed by atoms with E-state index in [4.69, 9.17) is 4.74 Å². The smallest absolute Gasteiger partial charge is 0.338 e. The fourth-order valence-corrected chi connectivity index (χ4v) is 3.45. The third-order valence-corrected chi connectivity index (χ3v) is 5.36. The maximum atomic E-state index is 13.1. The molecule has 0 aromatic heterocycles. The molecule has 3 rings (SSSR count). The summed E-state index contributed by atoms with van der Waals surface area (Å²) in [6, 6.07) is 20.7. The number of rotatable bonds is 9. The summed E-state index contributed by atoms with van der Waals surface area (Å²) in [4.78, 5) is 50.6. The number of amides is 3. The minimum Gasteiger partial charge on any atom is -0.462 e. The fraction of sp³-hybridized carbons (Fsp3) is 0.214. The summed E-state index contributed by atoms with van der Waals surface area (Å²) in [5.41, 5.74) is 1.88. The third kappa shape index (κ3) is 6.79. The van der Waals surface area contributed by atoms with Gasteiger partial charge in [0.25, 0.3) is 11.8 Å². The molecule has 0 heterocycles. The molecule has 3 aromatic rings. The largest absolute Gasteiger partial charge is 0.462 e. The van der Waals surface area contributed by atoms with E-state index in [1.165, 1.54) is 0 Å². The fourth-order valence-electron chi connectivity index (χ4n) is 3.45. The summed E-state index contributed by atoms with van der Waals surface area (Å²) < 4.78 is 4.96. The van der Waals surface area contributed by atoms with Crippen LogP contribution in [0.4, 0.5) is 11.4 Å². The van der Waals surface area contributed by atoms with E-state index >= 15 is 0 Å². The Labute approximate surface area is 210 Å². The molecular formula is C28H29N3O5. The maximum absolute atomic E-state index is 13.1. The van der Waals surface area contributed by atoms with Gasteiger partial charge >= 0.3 is 5.97 Å². The topological polar surface area (TPSA) is 114 Å². The second-order valence-electron chi connectivity index (χ2n) is 8.35. The van der Waals surface area contributed by atoms with Crippen LogP contribution in [0, 0.1) is 5.92 Å². The average Bonchev–Trinajstić information content (AvgIpc) is 2.88. The lowest BCUT2D eigenvalue weighted by atomic mass is 10.0. The van der Waals surface area contributed by atoms with Crippen molar-refractivity contribution in [3.05, 3.63) is 95.6 Å². The molecule has 0 aliphatic rings. The van der Waals surface area contributed by atoms with Crippen LogP contribution in [0.25, 0.3) is 0 Å². The monoisotopic (exact) mass is 487 g/mol. The molecule has 0 radical (unpaired) electrons. The SMILES string of the molecule is CCOC(=O)c1ccc(NC(=O)C(NC(=O)c2ccccc2NC(=O)c2ccccc2)C(C)C)cc1. The van der Waals surface area contributed by atoms with Crippen molar-refractivity contribution in [2.45, 2.75) is 26.8 Å². The predicted molar refractivity (Wildman–Crippen MR) is 138 cm³/mol. The number of esters is 1. The van der Waals surface area contributed by atoms with Crippen LogP contribution < -0.4 is 16.0 Å². The number of carbonyl (C=O) groups excluding carboxylic acids is 4. The van der Waals surface area contributed by atoms with Crippen molar-refractivity contribution in [2.24, 2.45) is 5.92 Å². The van der Waals surface area contributed by atoms with Crippen LogP contribution in [0.15, 0.2) is 78.9 Å². The van der Waals surface area contributed by atoms with Crippen LogP contribution >= 0.6 is 0 Å². The first-order valence-corrected chi connectivity index (χ1v) is 11.6. The van der Waals surface area contributed by atoms with E-state index in [-0.39, 0.29) is 24.0 Å². The molecular weight excluding hydrogens is 458 g/mol. The summed E-state index contributed by atoms with van der Waals surface area (Å²) >= 11 is 0. The highest BCUT2D eigenvalue weighted by Gasteiger charge is 2.26. The minimum atomic E-state index is -0.847. The summed E-state index contributed by atoms with van der Waals surface area (Å²) in [5, 5.41) is 8.31. The van der Waals surface area contributed by atoms with Crippen molar-refractivity contribution in [3.63, 3.8) is 0 Å². The molecule has 0 aliphatic heterocycles. The van der Waals surface area contributed by atoms with E-state index in [1.54, 1.807) is 79.7 Å². The lowest BCUT2D eigenvalue weighted by Gasteiger charge is -2.22. The van der Waals surface area contributed by atoms with Crippen molar-refractivity contribution in [2.75, 3.05) is 17.2 Å². The Hall–Kier alpha value is -4.46. The number of benzene rings is 3. The number of hydrogen-bond donors (Lipinski definition) is 3. The normalized spacial score (nSPS) is 11.3. The van der Waals surface area contributed by atoms with Crippen LogP contribution in [-0.2, 0) is 9.53 Å². The number of ether oxygens (including phenoxy) is 1. The van der Waals surface area contributed by atoms with Gasteiger partial charge in [-0.25, -0.2) is 4.79 Å². The Morgan fingerprint density at radius 2 is 1.39 bits per heavy atom. The second kappa shape index (κ2) is 12.3. The molecule has 36 heavy (non-hydrogen) atoms. The van der Waals surface area contributed by atoms with Gasteiger partial charge in [-0.3, -0.25) is 14.4 Å². The molecule has 8 nitrogen and oxygen atoms in total. The van der Waals surface area contributed by atoms with Crippen LogP contribution in [-0.4, -0.2) is 36.3 Å². The van der Waals surface area contributed by atoms with Gasteiger partial charge in [-0.2, -0.15) is 0 Å². The van der Waals surface area contributed by atoms with Crippen molar-refractivity contribution in [1.82, 2.24) is 5.32 Å². The first-order valence-electron chi connectivity index (χ1n) is 11.6. The Bertz CT molecular complexity index is 1220. The van der Waals surface area contributed by atoms with Gasteiger partial charge in [-0.05, 0) is 61.4 Å². The highest BCUT2D eigenvalue weighted by Crippen LogP contribution is 2.18. The molecule has 0 fully saturated rings. The summed E-state index contributed by atoms with van der Waals surface area (Å²) in [6.45, 7) is 5.63. The molecule has 0 aliphatic carbocycles. The van der Waals surface area contributed by atoms with E-state index in [9.17, 15) is 19.2 Å². The van der Waals surface area contributed by atoms with Crippen LogP contribution in [0.1, 0.15) is 51.8 Å². The number of carbonyl (C=O) groups is 4. The van der Waals surface area contributed by atoms with Crippen LogP contribution in [0.3, 0.4) is 0 Å². The zero-order valence-electron chi connectivity index (χ0n) is 20.4. The van der Waals surface area contributed by atoms with Crippen molar-refractivity contribution < 1.29 is 23.9 Å². The van der Waals surface area contributed by atoms with Crippen LogP contribution in [0.5, 0.6) is 0 Å². The zero-order valence-corrected chi connectivity index (χ0v) is 20.4. The third-order valence-electron chi connectivity index (χ3n) is 5.36. The lowest BCUT2D eigenvalue weighted by Crippen LogP contribution is -2.47. The summed E-state index contributed by atoms with van der Waals surface area (Å²) in [5.74, 6) is -1.92. The molecule has 3 N–H and O–H groups in total. The van der Waals surface area contributed by atoms with E-state index < -0.39 is 23.8 Å². The standard InChI is InChI=1S/C28H29N3O5/c1-4-36-28(35)20-14-16-21(17-15-20)29-27(34)24(18(2)3)31-26(33)22-12-8-9-13-23(22)30-25(32)19-10-6-5-7-11-19/h5-18,24H,4H2,1-3H3,(H,29,34)(H,30,32)(H,31,33). The molecule has 1 unspecified atom stereocenters. The average molecular weight is 488 g/mol. The molecule has 0 saturated heterocycles. The lowest BCUT2D eigenvalue weighted by molar-refractivity contribution is -0.118. The van der Waals surface area contributed by atoms with Gasteiger partial charge in [0.05, 0.1) is 23.4 Å². The highest BCUT2D eigenvalue weighted by atomic mass is 16.5. The number of hydrogen-bond acceptors (Lipinski definition) is 5. The quantitative estimate of drug-likeness (QED) is 0.385. The summed E-state index contributed by atoms with van der Waals surface area (Å²) in [6.07, 6.45) is 0. The van der Waals surface area contributed by atoms with Gasteiger partial charge in [0.2, 0.25) is 5.91 Å². The van der Waals surface area contributed by atoms with E-state index in [2.05, 4.69) is 16.0 Å². The van der Waals surface area contributed by atoms with E-state index in [0.29, 0.717) is 22.5 Å². The molecule has 0 saturated carbocycles. The molecule has 0 bridgehead atoms. The van der Waals surface area contributed by atoms with Gasteiger partial charge in [0.15, 0.2) is 0 Å². The van der Waals surface area contributed by atoms with Crippen molar-refractivity contribution in [1.29, 1.82) is 0 Å². The minimum absolute atomic E-state index is 0.223. The molecule has 3 amide bonds. The van der Waals surface area contributed by atoms with Gasteiger partial charge < -0.3 is 20.7 Å². The second-order valence-corrected chi connectivity index (χ2v) is 8.35. The Balaban J connectivity index is 1.71. The van der Waals surface area contributed by atoms with Gasteiger partial charge in [-0.1, -0.05) is 44.2 Å². The Morgan fingerprint density at radius 1 is 0.750 bits per heavy atom. The molecule has 8 heteroatoms. The van der Waals surface area contributed by atoms with E-state index in [1.807, 2.05) is 19.9 Å². The van der Waals surface area contributed by atoms with Gasteiger partial charge in [0, 0.05) is 11.3 Å². The highest BCUT2D eigenvalue weighted by molar-refractivity contribution is 6.10. The van der Waals surface area contributed by atoms with Crippen molar-refractivity contribution in [3.8, 4) is 0 Å². The predicted octanol–water partition coefficient (Wildman–Crippen LogP) is 4.51. The Morgan fingerprint density at radius 3 is 2.03 bits per heavy atom. The Kier molecular flexibility index (Phi) is 8.94. The molecule has 3 aromatic carbocycles. The number of anilines is 2. The molecule has 1 atom stereocenters. The summed E-state index contributed by atoms with van der Waals surface area (Å²) in [7, 11) is 0. The number of para-hydroxylation sites is 1. The first kappa shape index (κ1) is 26.2. The molecule has 0 spiro atoms. The zero-order chi connectivity index (χ0) is 26.1. The maximum Gasteiger partial charge on any atom is 0.338 e. The molecule has 186 valence electrons. The number of nitrogens with one attached hydrogen (secondary N) is 3.